The summed E-state index contributed by atoms with van der Waals surface area (Å²) in [5.74, 6) is 1.06. The van der Waals surface area contributed by atoms with Gasteiger partial charge in [-0.2, -0.15) is 0 Å². The zero-order chi connectivity index (χ0) is 27.4. The molecule has 1 N–H and O–H groups in total. The maximum absolute atomic E-state index is 13.9. The number of hydrogen-bond acceptors (Lipinski definition) is 3. The van der Waals surface area contributed by atoms with Gasteiger partial charge in [0.15, 0.2) is 0 Å². The van der Waals surface area contributed by atoms with Crippen molar-refractivity contribution in [2.24, 2.45) is 0 Å². The van der Waals surface area contributed by atoms with E-state index in [1.165, 1.54) is 16.5 Å². The second-order valence-electron chi connectivity index (χ2n) is 11.8. The number of para-hydroxylation sites is 2. The van der Waals surface area contributed by atoms with Crippen LogP contribution in [0.15, 0.2) is 79.0 Å². The molecule has 5 heteroatoms. The third kappa shape index (κ3) is 6.72. The van der Waals surface area contributed by atoms with Crippen molar-refractivity contribution in [3.63, 3.8) is 0 Å². The average Bonchev–Trinajstić information content (AvgIpc) is 3.70. The minimum Gasteiger partial charge on any atom is -0.496 e. The molecule has 4 aromatic rings. The highest BCUT2D eigenvalue weighted by atomic mass is 16.5. The molecular formula is C34H41N3O2. The summed E-state index contributed by atoms with van der Waals surface area (Å²) in [6, 6.07) is 25.7. The Bertz CT molecular complexity index is 1400. The smallest absolute Gasteiger partial charge is 0.237 e. The van der Waals surface area contributed by atoms with Gasteiger partial charge in [-0.05, 0) is 53.5 Å². The molecule has 204 valence electrons. The molecule has 0 atom stereocenters. The van der Waals surface area contributed by atoms with E-state index in [9.17, 15) is 4.79 Å². The summed E-state index contributed by atoms with van der Waals surface area (Å²) in [5, 5.41) is 1.23. The minimum atomic E-state index is 0.104. The van der Waals surface area contributed by atoms with Gasteiger partial charge in [0.1, 0.15) is 5.75 Å². The van der Waals surface area contributed by atoms with Crippen molar-refractivity contribution in [1.29, 1.82) is 0 Å². The van der Waals surface area contributed by atoms with Crippen LogP contribution in [0.25, 0.3) is 10.9 Å². The van der Waals surface area contributed by atoms with Crippen LogP contribution in [0, 0.1) is 0 Å². The number of carbonyl (C=O) groups is 1. The van der Waals surface area contributed by atoms with E-state index in [4.69, 9.17) is 4.74 Å². The molecule has 3 aromatic carbocycles. The summed E-state index contributed by atoms with van der Waals surface area (Å²) in [6.45, 7) is 9.11. The molecule has 0 aliphatic heterocycles. The van der Waals surface area contributed by atoms with Crippen LogP contribution >= 0.6 is 0 Å². The van der Waals surface area contributed by atoms with Crippen molar-refractivity contribution < 1.29 is 9.53 Å². The first-order valence-electron chi connectivity index (χ1n) is 14.1. The molecule has 1 amide bonds. The third-order valence-corrected chi connectivity index (χ3v) is 7.84. The number of benzene rings is 3. The molecule has 0 bridgehead atoms. The number of aromatic nitrogens is 1. The first kappa shape index (κ1) is 27.0. The van der Waals surface area contributed by atoms with E-state index in [1.807, 2.05) is 29.2 Å². The van der Waals surface area contributed by atoms with Crippen LogP contribution in [0.4, 0.5) is 0 Å². The lowest BCUT2D eigenvalue weighted by atomic mass is 9.87. The lowest BCUT2D eigenvalue weighted by Gasteiger charge is -2.28. The largest absolute Gasteiger partial charge is 0.496 e. The van der Waals surface area contributed by atoms with E-state index in [1.54, 1.807) is 7.11 Å². The highest BCUT2D eigenvalue weighted by molar-refractivity contribution is 5.83. The van der Waals surface area contributed by atoms with E-state index in [0.29, 0.717) is 25.7 Å². The monoisotopic (exact) mass is 523 g/mol. The Morgan fingerprint density at radius 1 is 0.923 bits per heavy atom. The number of amides is 1. The fourth-order valence-corrected chi connectivity index (χ4v) is 5.30. The van der Waals surface area contributed by atoms with Gasteiger partial charge in [-0.15, -0.1) is 0 Å². The number of nitrogens with one attached hydrogen (secondary N) is 1. The Labute approximate surface area is 232 Å². The summed E-state index contributed by atoms with van der Waals surface area (Å²) >= 11 is 0. The summed E-state index contributed by atoms with van der Waals surface area (Å²) in [5.41, 5.74) is 6.09. The van der Waals surface area contributed by atoms with E-state index in [0.717, 1.165) is 48.2 Å². The van der Waals surface area contributed by atoms with E-state index in [-0.39, 0.29) is 11.3 Å². The lowest BCUT2D eigenvalue weighted by molar-refractivity contribution is -0.133. The van der Waals surface area contributed by atoms with Crippen LogP contribution in [0.1, 0.15) is 55.9 Å². The van der Waals surface area contributed by atoms with Crippen molar-refractivity contribution in [1.82, 2.24) is 14.8 Å². The number of nitrogens with zero attached hydrogens (tertiary/aromatic N) is 2. The zero-order valence-electron chi connectivity index (χ0n) is 23.7. The van der Waals surface area contributed by atoms with Crippen molar-refractivity contribution in [3.8, 4) is 5.75 Å². The van der Waals surface area contributed by atoms with Gasteiger partial charge in [0.25, 0.3) is 0 Å². The van der Waals surface area contributed by atoms with E-state index in [2.05, 4.69) is 85.4 Å². The third-order valence-electron chi connectivity index (χ3n) is 7.84. The second-order valence-corrected chi connectivity index (χ2v) is 11.8. The van der Waals surface area contributed by atoms with Crippen LogP contribution in [0.3, 0.4) is 0 Å². The Morgan fingerprint density at radius 2 is 1.64 bits per heavy atom. The fourth-order valence-electron chi connectivity index (χ4n) is 5.30. The molecule has 1 heterocycles. The summed E-state index contributed by atoms with van der Waals surface area (Å²) in [6.07, 6.45) is 5.19. The van der Waals surface area contributed by atoms with Crippen LogP contribution in [-0.2, 0) is 29.7 Å². The molecule has 1 aliphatic carbocycles. The van der Waals surface area contributed by atoms with Crippen LogP contribution < -0.4 is 4.74 Å². The average molecular weight is 524 g/mol. The Balaban J connectivity index is 1.34. The van der Waals surface area contributed by atoms with Gasteiger partial charge in [-0.3, -0.25) is 9.69 Å². The lowest BCUT2D eigenvalue weighted by Crippen LogP contribution is -2.41. The van der Waals surface area contributed by atoms with Gasteiger partial charge in [0, 0.05) is 48.3 Å². The number of methoxy groups -OCH3 is 1. The highest BCUT2D eigenvalue weighted by Gasteiger charge is 2.32. The number of carbonyl (C=O) groups excluding carboxylic acids is 1. The first-order valence-corrected chi connectivity index (χ1v) is 14.1. The first-order chi connectivity index (χ1) is 18.8. The molecule has 1 fully saturated rings. The van der Waals surface area contributed by atoms with E-state index < -0.39 is 0 Å². The molecule has 5 rings (SSSR count). The van der Waals surface area contributed by atoms with Gasteiger partial charge in [0.05, 0.1) is 13.7 Å². The normalized spacial score (nSPS) is 13.7. The summed E-state index contributed by atoms with van der Waals surface area (Å²) in [4.78, 5) is 21.7. The molecule has 1 aliphatic rings. The van der Waals surface area contributed by atoms with Gasteiger partial charge >= 0.3 is 0 Å². The quantitative estimate of drug-likeness (QED) is 0.238. The predicted molar refractivity (Wildman–Crippen MR) is 159 cm³/mol. The zero-order valence-corrected chi connectivity index (χ0v) is 23.7. The van der Waals surface area contributed by atoms with Gasteiger partial charge < -0.3 is 14.6 Å². The van der Waals surface area contributed by atoms with Gasteiger partial charge in [0.2, 0.25) is 5.91 Å². The molecule has 39 heavy (non-hydrogen) atoms. The van der Waals surface area contributed by atoms with Crippen LogP contribution in [0.5, 0.6) is 5.75 Å². The topological polar surface area (TPSA) is 48.6 Å². The fraction of sp³-hybridized carbons (Fsp3) is 0.382. The molecule has 0 radical (unpaired) electrons. The Kier molecular flexibility index (Phi) is 8.08. The van der Waals surface area contributed by atoms with Crippen LogP contribution in [-0.4, -0.2) is 46.9 Å². The second kappa shape index (κ2) is 11.7. The standard InChI is InChI=1S/C34H41N3O2/c1-34(2,3)28-15-13-25(14-16-28)22-36(20-19-26-21-35-31-11-7-6-10-30(26)31)33(38)24-37(29-17-18-29)23-27-9-5-8-12-32(27)39-4/h5-16,21,29,35H,17-20,22-24H2,1-4H3. The van der Waals surface area contributed by atoms with Crippen molar-refractivity contribution in [2.45, 2.75) is 64.6 Å². The van der Waals surface area contributed by atoms with Crippen molar-refractivity contribution in [3.05, 3.63) is 101 Å². The Morgan fingerprint density at radius 3 is 2.36 bits per heavy atom. The molecule has 0 unspecified atom stereocenters. The minimum absolute atomic E-state index is 0.104. The number of aromatic amines is 1. The molecule has 1 aromatic heterocycles. The highest BCUT2D eigenvalue weighted by Crippen LogP contribution is 2.30. The predicted octanol–water partition coefficient (Wildman–Crippen LogP) is 6.71. The SMILES string of the molecule is COc1ccccc1CN(CC(=O)N(CCc1c[nH]c2ccccc12)Cc1ccc(C(C)(C)C)cc1)C1CC1. The maximum atomic E-state index is 13.9. The number of ether oxygens (including phenoxy) is 1. The molecule has 0 spiro atoms. The van der Waals surface area contributed by atoms with Crippen molar-refractivity contribution >= 4 is 16.8 Å². The van der Waals surface area contributed by atoms with Gasteiger partial charge in [-0.1, -0.05) is 81.4 Å². The number of fused-ring (bicyclic) bond motifs is 1. The molecular weight excluding hydrogens is 482 g/mol. The number of rotatable bonds is 11. The van der Waals surface area contributed by atoms with Gasteiger partial charge in [-0.25, -0.2) is 0 Å². The molecule has 0 saturated heterocycles. The summed E-state index contributed by atoms with van der Waals surface area (Å²) in [7, 11) is 1.71. The molecule has 1 saturated carbocycles. The van der Waals surface area contributed by atoms with Crippen molar-refractivity contribution in [2.75, 3.05) is 20.2 Å². The molecule has 5 nitrogen and oxygen atoms in total. The van der Waals surface area contributed by atoms with Crippen LogP contribution in [0.2, 0.25) is 0 Å². The number of H-pyrrole nitrogens is 1. The maximum Gasteiger partial charge on any atom is 0.237 e. The number of hydrogen-bond donors (Lipinski definition) is 1. The summed E-state index contributed by atoms with van der Waals surface area (Å²) < 4.78 is 5.60. The van der Waals surface area contributed by atoms with E-state index >= 15 is 0 Å². The Hall–Kier alpha value is -3.57.